The molecule has 8 nitrogen and oxygen atoms in total. The molecule has 0 aromatic heterocycles. The number of carbonyl (C=O) groups is 2. The number of nitrogens with one attached hydrogen (secondary N) is 1. The van der Waals surface area contributed by atoms with E-state index in [1.807, 2.05) is 0 Å². The van der Waals surface area contributed by atoms with Gasteiger partial charge >= 0.3 is 0 Å². The second-order valence-electron chi connectivity index (χ2n) is 6.95. The molecule has 3 N–H and O–H groups in total. The highest BCUT2D eigenvalue weighted by atomic mass is 16.5. The number of methoxy groups -OCH3 is 2. The van der Waals surface area contributed by atoms with Crippen LogP contribution in [0.2, 0.25) is 0 Å². The van der Waals surface area contributed by atoms with Crippen LogP contribution in [0.25, 0.3) is 5.76 Å². The fourth-order valence-electron chi connectivity index (χ4n) is 3.64. The van der Waals surface area contributed by atoms with E-state index < -0.39 is 17.7 Å². The number of ketones is 1. The van der Waals surface area contributed by atoms with Crippen molar-refractivity contribution >= 4 is 17.4 Å². The molecule has 0 spiro atoms. The maximum atomic E-state index is 13.0. The van der Waals surface area contributed by atoms with Crippen molar-refractivity contribution in [1.82, 2.24) is 10.2 Å². The van der Waals surface area contributed by atoms with Crippen LogP contribution in [-0.4, -0.2) is 67.3 Å². The van der Waals surface area contributed by atoms with E-state index in [1.165, 1.54) is 19.1 Å². The van der Waals surface area contributed by atoms with Crippen LogP contribution in [0.15, 0.2) is 54.1 Å². The Kier molecular flexibility index (Phi) is 7.28. The normalized spacial score (nSPS) is 17.8. The largest absolute Gasteiger partial charge is 0.507 e. The Labute approximate surface area is 180 Å². The molecule has 2 aromatic carbocycles. The van der Waals surface area contributed by atoms with Crippen LogP contribution in [0.1, 0.15) is 17.2 Å². The summed E-state index contributed by atoms with van der Waals surface area (Å²) in [6, 6.07) is 13.0. The minimum Gasteiger partial charge on any atom is -0.507 e. The number of aliphatic hydroxyl groups excluding tert-OH is 2. The number of benzene rings is 2. The highest BCUT2D eigenvalue weighted by Crippen LogP contribution is 2.41. The summed E-state index contributed by atoms with van der Waals surface area (Å²) in [6.07, 6.45) is 0. The maximum absolute atomic E-state index is 13.0. The molecule has 0 aliphatic carbocycles. The molecule has 3 rings (SSSR count). The summed E-state index contributed by atoms with van der Waals surface area (Å²) in [4.78, 5) is 27.2. The quantitative estimate of drug-likeness (QED) is 0.242. The van der Waals surface area contributed by atoms with Crippen molar-refractivity contribution in [2.24, 2.45) is 0 Å². The van der Waals surface area contributed by atoms with Gasteiger partial charge in [-0.1, -0.05) is 36.4 Å². The topological polar surface area (TPSA) is 108 Å². The highest BCUT2D eigenvalue weighted by Gasteiger charge is 2.46. The summed E-state index contributed by atoms with van der Waals surface area (Å²) in [5.74, 6) is -0.713. The van der Waals surface area contributed by atoms with E-state index in [2.05, 4.69) is 5.32 Å². The first kappa shape index (κ1) is 22.3. The Morgan fingerprint density at radius 1 is 1.03 bits per heavy atom. The van der Waals surface area contributed by atoms with Gasteiger partial charge in [-0.05, 0) is 17.7 Å². The number of likely N-dealkylation sites (tertiary alicyclic amines) is 1. The molecule has 1 atom stereocenters. The van der Waals surface area contributed by atoms with Crippen LogP contribution in [0.5, 0.6) is 11.5 Å². The molecule has 8 heteroatoms. The molecular weight excluding hydrogens is 400 g/mol. The predicted molar refractivity (Wildman–Crippen MR) is 115 cm³/mol. The van der Waals surface area contributed by atoms with E-state index in [-0.39, 0.29) is 24.5 Å². The number of carbonyl (C=O) groups excluding carboxylic acids is 2. The number of Topliss-reactive ketones (excluding diaryl/α,β-unsaturated/α-hetero) is 1. The lowest BCUT2D eigenvalue weighted by atomic mass is 9.95. The average molecular weight is 426 g/mol. The van der Waals surface area contributed by atoms with Gasteiger partial charge in [-0.25, -0.2) is 0 Å². The summed E-state index contributed by atoms with van der Waals surface area (Å²) in [5.41, 5.74) is 1.08. The summed E-state index contributed by atoms with van der Waals surface area (Å²) in [6.45, 7) is 0.929. The zero-order valence-electron chi connectivity index (χ0n) is 17.5. The average Bonchev–Trinajstić information content (AvgIpc) is 3.06. The van der Waals surface area contributed by atoms with Crippen LogP contribution in [0, 0.1) is 0 Å². The number of ether oxygens (including phenoxy) is 2. The molecule has 1 saturated heterocycles. The number of nitrogens with zero attached hydrogens (tertiary/aromatic N) is 1. The van der Waals surface area contributed by atoms with Gasteiger partial charge in [0, 0.05) is 25.2 Å². The van der Waals surface area contributed by atoms with Crippen molar-refractivity contribution in [1.29, 1.82) is 0 Å². The third kappa shape index (κ3) is 4.55. The third-order valence-electron chi connectivity index (χ3n) is 5.13. The van der Waals surface area contributed by atoms with Crippen LogP contribution in [0.3, 0.4) is 0 Å². The minimum absolute atomic E-state index is 0.0191. The first-order valence-electron chi connectivity index (χ1n) is 9.90. The standard InChI is InChI=1S/C23H26N2O6/c1-30-17-9-8-16(14-18(17)31-2)20-19(21(27)15-6-4-3-5-7-15)22(28)23(29)25(20)12-10-24-11-13-26/h3-9,14,20,24,26-27H,10-13H2,1-2H3/t20-/m1/s1. The van der Waals surface area contributed by atoms with Crippen LogP contribution in [-0.2, 0) is 9.59 Å². The van der Waals surface area contributed by atoms with E-state index >= 15 is 0 Å². The van der Waals surface area contributed by atoms with Gasteiger partial charge in [0.05, 0.1) is 32.4 Å². The summed E-state index contributed by atoms with van der Waals surface area (Å²) in [7, 11) is 3.02. The Morgan fingerprint density at radius 2 is 1.74 bits per heavy atom. The van der Waals surface area contributed by atoms with E-state index in [0.29, 0.717) is 35.7 Å². The molecule has 1 fully saturated rings. The van der Waals surface area contributed by atoms with Crippen molar-refractivity contribution in [2.75, 3.05) is 40.5 Å². The highest BCUT2D eigenvalue weighted by molar-refractivity contribution is 6.46. The van der Waals surface area contributed by atoms with E-state index in [0.717, 1.165) is 0 Å². The zero-order chi connectivity index (χ0) is 22.4. The lowest BCUT2D eigenvalue weighted by Crippen LogP contribution is -2.36. The summed E-state index contributed by atoms with van der Waals surface area (Å²) >= 11 is 0. The first-order valence-corrected chi connectivity index (χ1v) is 9.90. The number of amides is 1. The van der Waals surface area contributed by atoms with Crippen molar-refractivity contribution in [2.45, 2.75) is 6.04 Å². The number of hydrogen-bond donors (Lipinski definition) is 3. The Hall–Kier alpha value is -3.36. The Balaban J connectivity index is 2.10. The Morgan fingerprint density at radius 3 is 2.39 bits per heavy atom. The number of rotatable bonds is 9. The maximum Gasteiger partial charge on any atom is 0.295 e. The monoisotopic (exact) mass is 426 g/mol. The predicted octanol–water partition coefficient (Wildman–Crippen LogP) is 1.71. The number of aliphatic hydroxyl groups is 2. The van der Waals surface area contributed by atoms with Gasteiger partial charge in [0.1, 0.15) is 5.76 Å². The van der Waals surface area contributed by atoms with Crippen molar-refractivity contribution in [3.8, 4) is 11.5 Å². The summed E-state index contributed by atoms with van der Waals surface area (Å²) in [5, 5.41) is 22.9. The molecular formula is C23H26N2O6. The molecule has 164 valence electrons. The molecule has 0 unspecified atom stereocenters. The molecule has 1 heterocycles. The second kappa shape index (κ2) is 10.1. The molecule has 1 amide bonds. The van der Waals surface area contributed by atoms with E-state index in [1.54, 1.807) is 48.5 Å². The van der Waals surface area contributed by atoms with Crippen molar-refractivity contribution in [3.05, 3.63) is 65.2 Å². The number of hydrogen-bond acceptors (Lipinski definition) is 7. The lowest BCUT2D eigenvalue weighted by molar-refractivity contribution is -0.139. The minimum atomic E-state index is -0.795. The fraction of sp³-hybridized carbons (Fsp3) is 0.304. The van der Waals surface area contributed by atoms with Gasteiger partial charge in [-0.15, -0.1) is 0 Å². The van der Waals surface area contributed by atoms with Gasteiger partial charge in [0.15, 0.2) is 11.5 Å². The molecule has 0 bridgehead atoms. The van der Waals surface area contributed by atoms with Crippen LogP contribution >= 0.6 is 0 Å². The first-order chi connectivity index (χ1) is 15.0. The smallest absolute Gasteiger partial charge is 0.295 e. The molecule has 2 aromatic rings. The van der Waals surface area contributed by atoms with Gasteiger partial charge in [0.2, 0.25) is 0 Å². The zero-order valence-corrected chi connectivity index (χ0v) is 17.5. The molecule has 1 aliphatic rings. The van der Waals surface area contributed by atoms with E-state index in [4.69, 9.17) is 14.6 Å². The van der Waals surface area contributed by atoms with Crippen molar-refractivity contribution < 1.29 is 29.3 Å². The van der Waals surface area contributed by atoms with Crippen LogP contribution < -0.4 is 14.8 Å². The molecule has 1 aliphatic heterocycles. The SMILES string of the molecule is COc1ccc([C@@H]2C(=C(O)c3ccccc3)C(=O)C(=O)N2CCNCCO)cc1OC. The lowest BCUT2D eigenvalue weighted by Gasteiger charge is -2.26. The third-order valence-corrected chi connectivity index (χ3v) is 5.13. The molecule has 0 radical (unpaired) electrons. The van der Waals surface area contributed by atoms with Gasteiger partial charge in [-0.3, -0.25) is 9.59 Å². The summed E-state index contributed by atoms with van der Waals surface area (Å²) < 4.78 is 10.7. The van der Waals surface area contributed by atoms with E-state index in [9.17, 15) is 14.7 Å². The Bertz CT molecular complexity index is 973. The van der Waals surface area contributed by atoms with Gasteiger partial charge in [0.25, 0.3) is 11.7 Å². The molecule has 0 saturated carbocycles. The fourth-order valence-corrected chi connectivity index (χ4v) is 3.64. The van der Waals surface area contributed by atoms with Gasteiger partial charge < -0.3 is 29.9 Å². The second-order valence-corrected chi connectivity index (χ2v) is 6.95. The van der Waals surface area contributed by atoms with Crippen molar-refractivity contribution in [3.63, 3.8) is 0 Å². The van der Waals surface area contributed by atoms with Gasteiger partial charge in [-0.2, -0.15) is 0 Å². The molecule has 31 heavy (non-hydrogen) atoms. The van der Waals surface area contributed by atoms with Crippen LogP contribution in [0.4, 0.5) is 0 Å².